The molecule has 8 heteroatoms. The number of likely N-dealkylation sites (N-methyl/N-ethyl adjacent to an activating group) is 1. The molecule has 1 amide bonds. The summed E-state index contributed by atoms with van der Waals surface area (Å²) in [6.07, 6.45) is 1.52. The van der Waals surface area contributed by atoms with Gasteiger partial charge in [-0.2, -0.15) is 0 Å². The number of anilines is 1. The molecule has 0 fully saturated rings. The molecular formula is C17H23N5O3. The van der Waals surface area contributed by atoms with E-state index in [9.17, 15) is 9.59 Å². The maximum absolute atomic E-state index is 12.0. The molecule has 0 spiro atoms. The molecule has 25 heavy (non-hydrogen) atoms. The molecule has 0 radical (unpaired) electrons. The van der Waals surface area contributed by atoms with E-state index in [0.29, 0.717) is 24.4 Å². The number of rotatable bonds is 8. The Labute approximate surface area is 146 Å². The number of hydrogen-bond donors (Lipinski definition) is 1. The SMILES string of the molecule is CCN(CC)CCOC(=O)c1ccc(NC(=O)c2cn(C)nn2)cc1. The second-order valence-electron chi connectivity index (χ2n) is 5.47. The van der Waals surface area contributed by atoms with Crippen LogP contribution in [-0.2, 0) is 11.8 Å². The first-order chi connectivity index (χ1) is 12.0. The topological polar surface area (TPSA) is 89.4 Å². The minimum Gasteiger partial charge on any atom is -0.461 e. The number of nitrogens with one attached hydrogen (secondary N) is 1. The fourth-order valence-corrected chi connectivity index (χ4v) is 2.23. The van der Waals surface area contributed by atoms with Gasteiger partial charge in [0.2, 0.25) is 0 Å². The second-order valence-corrected chi connectivity index (χ2v) is 5.47. The van der Waals surface area contributed by atoms with Crippen LogP contribution in [0.5, 0.6) is 0 Å². The fraction of sp³-hybridized carbons (Fsp3) is 0.412. The average molecular weight is 345 g/mol. The summed E-state index contributed by atoms with van der Waals surface area (Å²) in [4.78, 5) is 26.2. The molecule has 0 atom stereocenters. The van der Waals surface area contributed by atoms with Crippen molar-refractivity contribution < 1.29 is 14.3 Å². The highest BCUT2D eigenvalue weighted by Gasteiger charge is 2.12. The number of nitrogens with zero attached hydrogens (tertiary/aromatic N) is 4. The Hall–Kier alpha value is -2.74. The second kappa shape index (κ2) is 8.93. The standard InChI is InChI=1S/C17H23N5O3/c1-4-22(5-2)10-11-25-17(24)13-6-8-14(9-7-13)18-16(23)15-12-21(3)20-19-15/h6-9,12H,4-5,10-11H2,1-3H3,(H,18,23). The summed E-state index contributed by atoms with van der Waals surface area (Å²) in [6.45, 7) is 7.05. The van der Waals surface area contributed by atoms with Crippen molar-refractivity contribution in [3.8, 4) is 0 Å². The van der Waals surface area contributed by atoms with Crippen molar-refractivity contribution in [2.45, 2.75) is 13.8 Å². The molecule has 8 nitrogen and oxygen atoms in total. The van der Waals surface area contributed by atoms with E-state index in [0.717, 1.165) is 13.1 Å². The van der Waals surface area contributed by atoms with Gasteiger partial charge in [-0.15, -0.1) is 5.10 Å². The smallest absolute Gasteiger partial charge is 0.338 e. The Balaban J connectivity index is 1.86. The Bertz CT molecular complexity index is 707. The maximum Gasteiger partial charge on any atom is 0.338 e. The molecule has 134 valence electrons. The van der Waals surface area contributed by atoms with Crippen molar-refractivity contribution in [1.82, 2.24) is 19.9 Å². The molecule has 0 unspecified atom stereocenters. The van der Waals surface area contributed by atoms with Gasteiger partial charge >= 0.3 is 5.97 Å². The number of esters is 1. The minimum absolute atomic E-state index is 0.224. The number of carbonyl (C=O) groups excluding carboxylic acids is 2. The van der Waals surface area contributed by atoms with E-state index in [4.69, 9.17) is 4.74 Å². The third-order valence-electron chi connectivity index (χ3n) is 3.75. The number of aromatic nitrogens is 3. The van der Waals surface area contributed by atoms with Crippen LogP contribution in [0.15, 0.2) is 30.5 Å². The predicted molar refractivity (Wildman–Crippen MR) is 93.5 cm³/mol. The van der Waals surface area contributed by atoms with Crippen LogP contribution in [0, 0.1) is 0 Å². The molecule has 2 rings (SSSR count). The predicted octanol–water partition coefficient (Wildman–Crippen LogP) is 1.57. The number of carbonyl (C=O) groups is 2. The molecule has 0 aliphatic carbocycles. The lowest BCUT2D eigenvalue weighted by atomic mass is 10.2. The first kappa shape index (κ1) is 18.6. The zero-order valence-corrected chi connectivity index (χ0v) is 14.7. The molecule has 0 aliphatic heterocycles. The normalized spacial score (nSPS) is 10.7. The molecule has 1 N–H and O–H groups in total. The molecule has 1 aromatic heterocycles. The van der Waals surface area contributed by atoms with Crippen LogP contribution in [-0.4, -0.2) is 58.0 Å². The summed E-state index contributed by atoms with van der Waals surface area (Å²) in [5.74, 6) is -0.735. The van der Waals surface area contributed by atoms with Gasteiger partial charge in [-0.3, -0.25) is 9.48 Å². The number of ether oxygens (including phenoxy) is 1. The first-order valence-electron chi connectivity index (χ1n) is 8.20. The van der Waals surface area contributed by atoms with Crippen LogP contribution in [0.1, 0.15) is 34.7 Å². The summed E-state index contributed by atoms with van der Waals surface area (Å²) < 4.78 is 6.72. The van der Waals surface area contributed by atoms with E-state index < -0.39 is 0 Å². The summed E-state index contributed by atoms with van der Waals surface area (Å²) >= 11 is 0. The summed E-state index contributed by atoms with van der Waals surface area (Å²) in [7, 11) is 1.68. The highest BCUT2D eigenvalue weighted by atomic mass is 16.5. The Kier molecular flexibility index (Phi) is 6.64. The third-order valence-corrected chi connectivity index (χ3v) is 3.75. The summed E-state index contributed by atoms with van der Waals surface area (Å²) in [5.41, 5.74) is 1.23. The van der Waals surface area contributed by atoms with Gasteiger partial charge in [0.05, 0.1) is 11.8 Å². The van der Waals surface area contributed by atoms with Gasteiger partial charge in [0, 0.05) is 19.3 Å². The van der Waals surface area contributed by atoms with E-state index in [-0.39, 0.29) is 17.6 Å². The molecule has 0 saturated carbocycles. The van der Waals surface area contributed by atoms with Crippen molar-refractivity contribution in [2.24, 2.45) is 7.05 Å². The Morgan fingerprint density at radius 2 is 1.88 bits per heavy atom. The highest BCUT2D eigenvalue weighted by Crippen LogP contribution is 2.11. The van der Waals surface area contributed by atoms with Crippen LogP contribution >= 0.6 is 0 Å². The van der Waals surface area contributed by atoms with Crippen molar-refractivity contribution in [3.05, 3.63) is 41.7 Å². The Morgan fingerprint density at radius 1 is 1.20 bits per heavy atom. The number of benzene rings is 1. The lowest BCUT2D eigenvalue weighted by Gasteiger charge is -2.17. The monoisotopic (exact) mass is 345 g/mol. The van der Waals surface area contributed by atoms with Crippen molar-refractivity contribution in [2.75, 3.05) is 31.6 Å². The maximum atomic E-state index is 12.0. The van der Waals surface area contributed by atoms with Gasteiger partial charge in [0.15, 0.2) is 5.69 Å². The van der Waals surface area contributed by atoms with Gasteiger partial charge in [-0.1, -0.05) is 19.1 Å². The van der Waals surface area contributed by atoms with Gasteiger partial charge in [0.25, 0.3) is 5.91 Å². The van der Waals surface area contributed by atoms with Crippen LogP contribution in [0.2, 0.25) is 0 Å². The van der Waals surface area contributed by atoms with E-state index in [2.05, 4.69) is 34.4 Å². The van der Waals surface area contributed by atoms with Crippen LogP contribution in [0.3, 0.4) is 0 Å². The van der Waals surface area contributed by atoms with Crippen molar-refractivity contribution >= 4 is 17.6 Å². The van der Waals surface area contributed by atoms with Gasteiger partial charge < -0.3 is 15.0 Å². The van der Waals surface area contributed by atoms with E-state index in [1.807, 2.05) is 0 Å². The lowest BCUT2D eigenvalue weighted by molar-refractivity contribution is 0.0466. The Morgan fingerprint density at radius 3 is 2.44 bits per heavy atom. The number of amides is 1. The fourth-order valence-electron chi connectivity index (χ4n) is 2.23. The number of aryl methyl sites for hydroxylation is 1. The van der Waals surface area contributed by atoms with E-state index in [1.165, 1.54) is 10.9 Å². The largest absolute Gasteiger partial charge is 0.461 e. The van der Waals surface area contributed by atoms with Gasteiger partial charge in [-0.25, -0.2) is 4.79 Å². The molecule has 1 aromatic carbocycles. The number of hydrogen-bond acceptors (Lipinski definition) is 6. The van der Waals surface area contributed by atoms with Crippen LogP contribution < -0.4 is 5.32 Å². The van der Waals surface area contributed by atoms with Crippen molar-refractivity contribution in [3.63, 3.8) is 0 Å². The van der Waals surface area contributed by atoms with Gasteiger partial charge in [0.1, 0.15) is 6.61 Å². The highest BCUT2D eigenvalue weighted by molar-refractivity contribution is 6.02. The van der Waals surface area contributed by atoms with E-state index >= 15 is 0 Å². The quantitative estimate of drug-likeness (QED) is 0.731. The van der Waals surface area contributed by atoms with Gasteiger partial charge in [-0.05, 0) is 37.4 Å². The molecule has 2 aromatic rings. The van der Waals surface area contributed by atoms with Crippen molar-refractivity contribution in [1.29, 1.82) is 0 Å². The minimum atomic E-state index is -0.376. The molecule has 0 bridgehead atoms. The summed E-state index contributed by atoms with van der Waals surface area (Å²) in [5, 5.41) is 10.2. The lowest BCUT2D eigenvalue weighted by Crippen LogP contribution is -2.27. The average Bonchev–Trinajstić information content (AvgIpc) is 3.06. The van der Waals surface area contributed by atoms with E-state index in [1.54, 1.807) is 31.3 Å². The van der Waals surface area contributed by atoms with Crippen LogP contribution in [0.25, 0.3) is 0 Å². The molecule has 0 aliphatic rings. The molecular weight excluding hydrogens is 322 g/mol. The zero-order chi connectivity index (χ0) is 18.2. The molecule has 1 heterocycles. The van der Waals surface area contributed by atoms with Crippen LogP contribution in [0.4, 0.5) is 5.69 Å². The zero-order valence-electron chi connectivity index (χ0n) is 14.7. The first-order valence-corrected chi connectivity index (χ1v) is 8.20. The summed E-state index contributed by atoms with van der Waals surface area (Å²) in [6, 6.07) is 6.53. The third kappa shape index (κ3) is 5.39. The molecule has 0 saturated heterocycles.